The van der Waals surface area contributed by atoms with E-state index in [9.17, 15) is 4.79 Å². The van der Waals surface area contributed by atoms with Crippen LogP contribution in [0.15, 0.2) is 48.8 Å². The van der Waals surface area contributed by atoms with Gasteiger partial charge in [0.1, 0.15) is 5.75 Å². The van der Waals surface area contributed by atoms with Crippen LogP contribution in [-0.2, 0) is 4.79 Å². The standard InChI is InChI=1S/C18H20N4O2/c1-12(2)22-17-14(10-20-22)9-15(11-19-17)21-18(23)13(3)24-16-7-5-4-6-8-16/h4-13H,1-3H3,(H,21,23)/t13-/m0/s1. The predicted octanol–water partition coefficient (Wildman–Crippen LogP) is 3.42. The van der Waals surface area contributed by atoms with Crippen molar-refractivity contribution in [3.05, 3.63) is 48.8 Å². The number of amides is 1. The van der Waals surface area contributed by atoms with E-state index < -0.39 is 6.10 Å². The Morgan fingerprint density at radius 3 is 2.62 bits per heavy atom. The van der Waals surface area contributed by atoms with Crippen molar-refractivity contribution in [1.82, 2.24) is 14.8 Å². The van der Waals surface area contributed by atoms with Crippen LogP contribution in [0.25, 0.3) is 11.0 Å². The molecule has 0 saturated carbocycles. The molecule has 6 nitrogen and oxygen atoms in total. The second-order valence-electron chi connectivity index (χ2n) is 5.88. The Balaban J connectivity index is 1.71. The van der Waals surface area contributed by atoms with E-state index in [0.29, 0.717) is 11.4 Å². The predicted molar refractivity (Wildman–Crippen MR) is 93.1 cm³/mol. The monoisotopic (exact) mass is 324 g/mol. The van der Waals surface area contributed by atoms with Gasteiger partial charge in [0.05, 0.1) is 18.1 Å². The third-order valence-electron chi connectivity index (χ3n) is 3.62. The van der Waals surface area contributed by atoms with Crippen LogP contribution >= 0.6 is 0 Å². The maximum absolute atomic E-state index is 12.3. The van der Waals surface area contributed by atoms with Gasteiger partial charge in [-0.3, -0.25) is 4.79 Å². The number of pyridine rings is 1. The van der Waals surface area contributed by atoms with Crippen molar-refractivity contribution in [2.24, 2.45) is 0 Å². The first-order valence-corrected chi connectivity index (χ1v) is 7.90. The second kappa shape index (κ2) is 6.70. The fourth-order valence-corrected chi connectivity index (χ4v) is 2.39. The number of benzene rings is 1. The lowest BCUT2D eigenvalue weighted by Gasteiger charge is -2.14. The number of anilines is 1. The molecule has 3 rings (SSSR count). The molecule has 1 N–H and O–H groups in total. The molecule has 0 saturated heterocycles. The molecule has 0 aliphatic carbocycles. The van der Waals surface area contributed by atoms with E-state index in [4.69, 9.17) is 4.74 Å². The SMILES string of the molecule is CC(C)n1ncc2cc(NC(=O)[C@H](C)Oc3ccccc3)cnc21. The van der Waals surface area contributed by atoms with Gasteiger partial charge in [0.2, 0.25) is 0 Å². The number of aromatic nitrogens is 3. The van der Waals surface area contributed by atoms with E-state index in [2.05, 4.69) is 15.4 Å². The summed E-state index contributed by atoms with van der Waals surface area (Å²) < 4.78 is 7.47. The Kier molecular flexibility index (Phi) is 4.46. The van der Waals surface area contributed by atoms with Gasteiger partial charge in [-0.2, -0.15) is 5.10 Å². The van der Waals surface area contributed by atoms with Crippen LogP contribution in [0.1, 0.15) is 26.8 Å². The molecule has 0 radical (unpaired) electrons. The first kappa shape index (κ1) is 16.0. The summed E-state index contributed by atoms with van der Waals surface area (Å²) >= 11 is 0. The zero-order chi connectivity index (χ0) is 17.1. The normalized spacial score (nSPS) is 12.3. The second-order valence-corrected chi connectivity index (χ2v) is 5.88. The zero-order valence-electron chi connectivity index (χ0n) is 13.9. The first-order chi connectivity index (χ1) is 11.5. The third-order valence-corrected chi connectivity index (χ3v) is 3.62. The van der Waals surface area contributed by atoms with Crippen molar-refractivity contribution in [1.29, 1.82) is 0 Å². The van der Waals surface area contributed by atoms with E-state index in [1.54, 1.807) is 19.3 Å². The number of hydrogen-bond donors (Lipinski definition) is 1. The minimum Gasteiger partial charge on any atom is -0.481 e. The van der Waals surface area contributed by atoms with Gasteiger partial charge in [0.25, 0.3) is 5.91 Å². The quantitative estimate of drug-likeness (QED) is 0.781. The molecule has 3 aromatic rings. The molecule has 0 aliphatic rings. The van der Waals surface area contributed by atoms with Crippen LogP contribution in [-0.4, -0.2) is 26.8 Å². The molecule has 1 amide bonds. The van der Waals surface area contributed by atoms with E-state index in [-0.39, 0.29) is 11.9 Å². The van der Waals surface area contributed by atoms with E-state index >= 15 is 0 Å². The first-order valence-electron chi connectivity index (χ1n) is 7.90. The minimum absolute atomic E-state index is 0.226. The number of carbonyl (C=O) groups excluding carboxylic acids is 1. The third kappa shape index (κ3) is 3.37. The number of fused-ring (bicyclic) bond motifs is 1. The van der Waals surface area contributed by atoms with Gasteiger partial charge < -0.3 is 10.1 Å². The van der Waals surface area contributed by atoms with Gasteiger partial charge in [-0.1, -0.05) is 18.2 Å². The summed E-state index contributed by atoms with van der Waals surface area (Å²) in [4.78, 5) is 16.7. The van der Waals surface area contributed by atoms with E-state index in [1.807, 2.05) is 54.9 Å². The Hall–Kier alpha value is -2.89. The molecule has 0 aliphatic heterocycles. The highest BCUT2D eigenvalue weighted by atomic mass is 16.5. The molecule has 24 heavy (non-hydrogen) atoms. The highest BCUT2D eigenvalue weighted by Crippen LogP contribution is 2.19. The molecular weight excluding hydrogens is 304 g/mol. The smallest absolute Gasteiger partial charge is 0.265 e. The van der Waals surface area contributed by atoms with Crippen LogP contribution in [0.5, 0.6) is 5.75 Å². The largest absolute Gasteiger partial charge is 0.481 e. The summed E-state index contributed by atoms with van der Waals surface area (Å²) in [5.74, 6) is 0.434. The van der Waals surface area contributed by atoms with E-state index in [1.165, 1.54) is 0 Å². The average molecular weight is 324 g/mol. The number of rotatable bonds is 5. The lowest BCUT2D eigenvalue weighted by molar-refractivity contribution is -0.122. The van der Waals surface area contributed by atoms with Gasteiger partial charge in [-0.15, -0.1) is 0 Å². The summed E-state index contributed by atoms with van der Waals surface area (Å²) in [5, 5.41) is 8.04. The summed E-state index contributed by atoms with van der Waals surface area (Å²) in [6.07, 6.45) is 2.78. The highest BCUT2D eigenvalue weighted by Gasteiger charge is 2.16. The fraction of sp³-hybridized carbons (Fsp3) is 0.278. The Morgan fingerprint density at radius 2 is 1.92 bits per heavy atom. The number of hydrogen-bond acceptors (Lipinski definition) is 4. The van der Waals surface area contributed by atoms with Crippen LogP contribution in [0, 0.1) is 0 Å². The number of nitrogens with zero attached hydrogens (tertiary/aromatic N) is 3. The Morgan fingerprint density at radius 1 is 1.17 bits per heavy atom. The molecule has 0 bridgehead atoms. The van der Waals surface area contributed by atoms with Gasteiger partial charge in [-0.25, -0.2) is 9.67 Å². The van der Waals surface area contributed by atoms with Crippen molar-refractivity contribution in [2.75, 3.05) is 5.32 Å². The molecule has 0 spiro atoms. The summed E-state index contributed by atoms with van der Waals surface area (Å²) in [5.41, 5.74) is 1.43. The molecular formula is C18H20N4O2. The van der Waals surface area contributed by atoms with Crippen LogP contribution in [0.2, 0.25) is 0 Å². The van der Waals surface area contributed by atoms with Crippen molar-refractivity contribution in [2.45, 2.75) is 32.9 Å². The maximum Gasteiger partial charge on any atom is 0.265 e. The highest BCUT2D eigenvalue weighted by molar-refractivity contribution is 5.95. The summed E-state index contributed by atoms with van der Waals surface area (Å²) in [7, 11) is 0. The van der Waals surface area contributed by atoms with Gasteiger partial charge >= 0.3 is 0 Å². The molecule has 0 unspecified atom stereocenters. The topological polar surface area (TPSA) is 69.0 Å². The maximum atomic E-state index is 12.3. The van der Waals surface area contributed by atoms with Crippen LogP contribution < -0.4 is 10.1 Å². The number of nitrogens with one attached hydrogen (secondary N) is 1. The van der Waals surface area contributed by atoms with Crippen LogP contribution in [0.4, 0.5) is 5.69 Å². The van der Waals surface area contributed by atoms with Crippen molar-refractivity contribution in [3.63, 3.8) is 0 Å². The lowest BCUT2D eigenvalue weighted by Crippen LogP contribution is -2.30. The molecule has 1 aromatic carbocycles. The van der Waals surface area contributed by atoms with Crippen molar-refractivity contribution >= 4 is 22.6 Å². The molecule has 2 aromatic heterocycles. The fourth-order valence-electron chi connectivity index (χ4n) is 2.39. The molecule has 2 heterocycles. The lowest BCUT2D eigenvalue weighted by atomic mass is 10.3. The number of ether oxygens (including phenoxy) is 1. The van der Waals surface area contributed by atoms with Crippen LogP contribution in [0.3, 0.4) is 0 Å². The minimum atomic E-state index is -0.610. The van der Waals surface area contributed by atoms with Gasteiger partial charge in [0, 0.05) is 11.4 Å². The number of carbonyl (C=O) groups is 1. The summed E-state index contributed by atoms with van der Waals surface area (Å²) in [6.45, 7) is 5.81. The molecule has 6 heteroatoms. The molecule has 0 fully saturated rings. The Bertz CT molecular complexity index is 843. The van der Waals surface area contributed by atoms with Gasteiger partial charge in [-0.05, 0) is 39.0 Å². The average Bonchev–Trinajstić information content (AvgIpc) is 2.99. The van der Waals surface area contributed by atoms with Gasteiger partial charge in [0.15, 0.2) is 11.8 Å². The zero-order valence-corrected chi connectivity index (χ0v) is 13.9. The van der Waals surface area contributed by atoms with Crippen molar-refractivity contribution < 1.29 is 9.53 Å². The molecule has 124 valence electrons. The summed E-state index contributed by atoms with van der Waals surface area (Å²) in [6, 6.07) is 11.4. The van der Waals surface area contributed by atoms with E-state index in [0.717, 1.165) is 11.0 Å². The van der Waals surface area contributed by atoms with Crippen molar-refractivity contribution in [3.8, 4) is 5.75 Å². The number of para-hydroxylation sites is 1. The molecule has 1 atom stereocenters. The Labute approximate surface area is 140 Å².